The number of hydrogen-bond acceptors (Lipinski definition) is 7. The maximum absolute atomic E-state index is 12.2. The Morgan fingerprint density at radius 1 is 0.971 bits per heavy atom. The minimum absolute atomic E-state index is 0.0970. The quantitative estimate of drug-likeness (QED) is 0.176. The van der Waals surface area contributed by atoms with Gasteiger partial charge in [0.05, 0.1) is 23.7 Å². The molecule has 9 heteroatoms. The van der Waals surface area contributed by atoms with Crippen LogP contribution in [0.5, 0.6) is 5.75 Å². The van der Waals surface area contributed by atoms with Crippen molar-refractivity contribution < 1.29 is 28.7 Å². The number of carbonyl (C=O) groups is 2. The number of hydrogen-bond donors (Lipinski definition) is 1. The lowest BCUT2D eigenvalue weighted by Gasteiger charge is -2.09. The molecule has 0 aliphatic carbocycles. The van der Waals surface area contributed by atoms with Crippen LogP contribution < -0.4 is 10.1 Å². The van der Waals surface area contributed by atoms with Gasteiger partial charge >= 0.3 is 5.97 Å². The van der Waals surface area contributed by atoms with Crippen LogP contribution in [0.4, 0.5) is 11.4 Å². The Hall–Kier alpha value is -4.24. The van der Waals surface area contributed by atoms with Crippen molar-refractivity contribution in [2.24, 2.45) is 0 Å². The van der Waals surface area contributed by atoms with Gasteiger partial charge in [0, 0.05) is 6.07 Å². The molecule has 0 bridgehead atoms. The molecule has 0 heterocycles. The van der Waals surface area contributed by atoms with Gasteiger partial charge in [-0.15, -0.1) is 0 Å². The second-order valence-electron chi connectivity index (χ2n) is 7.48. The molecule has 9 nitrogen and oxygen atoms in total. The third-order valence-electron chi connectivity index (χ3n) is 4.92. The van der Waals surface area contributed by atoms with Crippen LogP contribution >= 0.6 is 0 Å². The van der Waals surface area contributed by atoms with Crippen LogP contribution in [0.1, 0.15) is 28.4 Å². The van der Waals surface area contributed by atoms with Gasteiger partial charge in [0.1, 0.15) is 24.7 Å². The molecular weight excluding hydrogens is 452 g/mol. The maximum atomic E-state index is 12.2. The number of rotatable bonds is 12. The van der Waals surface area contributed by atoms with Gasteiger partial charge in [0.25, 0.3) is 11.6 Å². The number of nitro benzene ring substituents is 1. The van der Waals surface area contributed by atoms with E-state index in [9.17, 15) is 19.7 Å². The van der Waals surface area contributed by atoms with E-state index >= 15 is 0 Å². The molecule has 0 saturated carbocycles. The van der Waals surface area contributed by atoms with Crippen LogP contribution in [-0.4, -0.2) is 36.6 Å². The fourth-order valence-electron chi connectivity index (χ4n) is 3.17. The molecule has 3 aromatic carbocycles. The number of nitrogens with zero attached hydrogens (tertiary/aromatic N) is 1. The predicted molar refractivity (Wildman–Crippen MR) is 129 cm³/mol. The van der Waals surface area contributed by atoms with Gasteiger partial charge in [-0.05, 0) is 48.7 Å². The molecule has 3 aromatic rings. The fraction of sp³-hybridized carbons (Fsp3) is 0.231. The molecule has 3 rings (SSSR count). The molecule has 0 unspecified atom stereocenters. The Balaban J connectivity index is 1.45. The van der Waals surface area contributed by atoms with E-state index in [0.29, 0.717) is 13.0 Å². The first-order valence-electron chi connectivity index (χ1n) is 11.0. The van der Waals surface area contributed by atoms with Gasteiger partial charge in [-0.3, -0.25) is 14.9 Å². The number of benzene rings is 3. The van der Waals surface area contributed by atoms with E-state index in [1.165, 1.54) is 12.1 Å². The highest BCUT2D eigenvalue weighted by Crippen LogP contribution is 2.26. The Morgan fingerprint density at radius 3 is 2.40 bits per heavy atom. The van der Waals surface area contributed by atoms with Crippen molar-refractivity contribution in [3.63, 3.8) is 0 Å². The summed E-state index contributed by atoms with van der Waals surface area (Å²) >= 11 is 0. The topological polar surface area (TPSA) is 117 Å². The van der Waals surface area contributed by atoms with Crippen molar-refractivity contribution in [2.75, 3.05) is 25.1 Å². The van der Waals surface area contributed by atoms with Gasteiger partial charge in [-0.1, -0.05) is 42.5 Å². The molecule has 35 heavy (non-hydrogen) atoms. The Bertz CT molecular complexity index is 1150. The predicted octanol–water partition coefficient (Wildman–Crippen LogP) is 4.55. The molecule has 182 valence electrons. The van der Waals surface area contributed by atoms with E-state index in [4.69, 9.17) is 14.2 Å². The lowest BCUT2D eigenvalue weighted by molar-refractivity contribution is -0.383. The lowest BCUT2D eigenvalue weighted by Crippen LogP contribution is -2.20. The van der Waals surface area contributed by atoms with Crippen molar-refractivity contribution >= 4 is 23.3 Å². The average molecular weight is 479 g/mol. The van der Waals surface area contributed by atoms with Crippen molar-refractivity contribution in [2.45, 2.75) is 20.0 Å². The summed E-state index contributed by atoms with van der Waals surface area (Å²) < 4.78 is 16.1. The summed E-state index contributed by atoms with van der Waals surface area (Å²) in [5.74, 6) is -0.450. The molecule has 0 fully saturated rings. The van der Waals surface area contributed by atoms with Crippen molar-refractivity contribution in [3.05, 3.63) is 99.6 Å². The molecule has 0 aromatic heterocycles. The first-order valence-corrected chi connectivity index (χ1v) is 11.0. The molecule has 0 aliphatic heterocycles. The number of carbonyl (C=O) groups excluding carboxylic acids is 2. The minimum Gasteiger partial charge on any atom is -0.489 e. The van der Waals surface area contributed by atoms with E-state index in [0.717, 1.165) is 22.9 Å². The Morgan fingerprint density at radius 2 is 1.71 bits per heavy atom. The molecular formula is C26H26N2O7. The van der Waals surface area contributed by atoms with E-state index in [1.807, 2.05) is 54.6 Å². The smallest absolute Gasteiger partial charge is 0.338 e. The lowest BCUT2D eigenvalue weighted by atomic mass is 10.1. The maximum Gasteiger partial charge on any atom is 0.338 e. The summed E-state index contributed by atoms with van der Waals surface area (Å²) in [4.78, 5) is 34.8. The van der Waals surface area contributed by atoms with Crippen LogP contribution in [0.25, 0.3) is 0 Å². The van der Waals surface area contributed by atoms with Crippen LogP contribution in [0.15, 0.2) is 72.8 Å². The van der Waals surface area contributed by atoms with Gasteiger partial charge in [-0.2, -0.15) is 0 Å². The Labute approximate surface area is 202 Å². The zero-order valence-electron chi connectivity index (χ0n) is 19.3. The van der Waals surface area contributed by atoms with Gasteiger partial charge in [0.2, 0.25) is 0 Å². The number of amides is 1. The summed E-state index contributed by atoms with van der Waals surface area (Å²) in [7, 11) is 0. The number of ether oxygens (including phenoxy) is 3. The minimum atomic E-state index is -0.640. The zero-order valence-corrected chi connectivity index (χ0v) is 19.3. The molecule has 1 N–H and O–H groups in total. The summed E-state index contributed by atoms with van der Waals surface area (Å²) in [5, 5.41) is 13.7. The molecule has 0 saturated heterocycles. The third kappa shape index (κ3) is 7.94. The van der Waals surface area contributed by atoms with Gasteiger partial charge in [-0.25, -0.2) is 4.79 Å². The number of nitrogens with one attached hydrogen (secondary N) is 1. The van der Waals surface area contributed by atoms with E-state index in [-0.39, 0.29) is 36.8 Å². The van der Waals surface area contributed by atoms with Crippen molar-refractivity contribution in [3.8, 4) is 5.75 Å². The van der Waals surface area contributed by atoms with Gasteiger partial charge in [0.15, 0.2) is 0 Å². The summed E-state index contributed by atoms with van der Waals surface area (Å²) in [6.07, 6.45) is 0.574. The number of nitro groups is 1. The first kappa shape index (κ1) is 25.4. The average Bonchev–Trinajstić information content (AvgIpc) is 2.86. The highest BCUT2D eigenvalue weighted by Gasteiger charge is 2.19. The molecule has 0 aliphatic rings. The van der Waals surface area contributed by atoms with Crippen LogP contribution in [0.3, 0.4) is 0 Å². The van der Waals surface area contributed by atoms with E-state index < -0.39 is 16.8 Å². The molecule has 0 spiro atoms. The highest BCUT2D eigenvalue weighted by atomic mass is 16.6. The second kappa shape index (κ2) is 12.9. The first-order chi connectivity index (χ1) is 17.0. The normalized spacial score (nSPS) is 10.4. The number of anilines is 1. The molecule has 0 atom stereocenters. The number of esters is 1. The summed E-state index contributed by atoms with van der Waals surface area (Å²) in [5.41, 5.74) is 1.77. The SMILES string of the molecule is CCOC(=O)c1ccc([N+](=O)[O-])c(NC(=O)COCCc2ccc(OCc3ccccc3)cc2)c1. The van der Waals surface area contributed by atoms with Crippen LogP contribution in [0.2, 0.25) is 0 Å². The molecule has 1 amide bonds. The zero-order chi connectivity index (χ0) is 25.0. The monoisotopic (exact) mass is 478 g/mol. The highest BCUT2D eigenvalue weighted by molar-refractivity contribution is 5.97. The van der Waals surface area contributed by atoms with Crippen molar-refractivity contribution in [1.82, 2.24) is 0 Å². The summed E-state index contributed by atoms with van der Waals surface area (Å²) in [6.45, 7) is 2.28. The molecule has 0 radical (unpaired) electrons. The third-order valence-corrected chi connectivity index (χ3v) is 4.92. The van der Waals surface area contributed by atoms with Crippen molar-refractivity contribution in [1.29, 1.82) is 0 Å². The standard InChI is InChI=1S/C26H26N2O7/c1-2-34-26(30)21-10-13-24(28(31)32)23(16-21)27-25(29)18-33-15-14-19-8-11-22(12-9-19)35-17-20-6-4-3-5-7-20/h3-13,16H,2,14-15,17-18H2,1H3,(H,27,29). The second-order valence-corrected chi connectivity index (χ2v) is 7.48. The van der Waals surface area contributed by atoms with Crippen LogP contribution in [0, 0.1) is 10.1 Å². The summed E-state index contributed by atoms with van der Waals surface area (Å²) in [6, 6.07) is 21.1. The van der Waals surface area contributed by atoms with Gasteiger partial charge < -0.3 is 19.5 Å². The van der Waals surface area contributed by atoms with E-state index in [2.05, 4.69) is 5.32 Å². The fourth-order valence-corrected chi connectivity index (χ4v) is 3.17. The van der Waals surface area contributed by atoms with Crippen LogP contribution in [-0.2, 0) is 27.3 Å². The largest absolute Gasteiger partial charge is 0.489 e. The Kier molecular flexibility index (Phi) is 9.32. The van der Waals surface area contributed by atoms with E-state index in [1.54, 1.807) is 6.92 Å².